The van der Waals surface area contributed by atoms with E-state index in [1.807, 2.05) is 56.3 Å². The molecule has 0 aromatic heterocycles. The Morgan fingerprint density at radius 1 is 1.08 bits per heavy atom. The molecule has 2 aromatic carbocycles. The Balaban J connectivity index is 1.84. The molecule has 2 aromatic rings. The van der Waals surface area contributed by atoms with Crippen LogP contribution in [0.2, 0.25) is 0 Å². The van der Waals surface area contributed by atoms with Gasteiger partial charge < -0.3 is 5.32 Å². The van der Waals surface area contributed by atoms with Gasteiger partial charge in [-0.15, -0.1) is 11.8 Å². The van der Waals surface area contributed by atoms with Gasteiger partial charge in [-0.3, -0.25) is 10.1 Å². The summed E-state index contributed by atoms with van der Waals surface area (Å²) in [6.45, 7) is 6.22. The second-order valence-electron chi connectivity index (χ2n) is 5.69. The maximum absolute atomic E-state index is 12.2. The van der Waals surface area contributed by atoms with Crippen molar-refractivity contribution in [2.75, 3.05) is 0 Å². The Morgan fingerprint density at radius 2 is 1.79 bits per heavy atom. The maximum atomic E-state index is 12.2. The van der Waals surface area contributed by atoms with Gasteiger partial charge in [0.25, 0.3) is 0 Å². The monoisotopic (exact) mass is 342 g/mol. The Kier molecular flexibility index (Phi) is 6.44. The van der Waals surface area contributed by atoms with Crippen molar-refractivity contribution in [1.29, 1.82) is 0 Å². The fraction of sp³-hybridized carbons (Fsp3) is 0.263. The van der Waals surface area contributed by atoms with E-state index in [-0.39, 0.29) is 11.2 Å². The largest absolute Gasteiger partial charge is 0.334 e. The first-order valence-electron chi connectivity index (χ1n) is 7.82. The van der Waals surface area contributed by atoms with Gasteiger partial charge in [0.1, 0.15) is 0 Å². The van der Waals surface area contributed by atoms with E-state index in [2.05, 4.69) is 16.7 Å². The van der Waals surface area contributed by atoms with E-state index in [1.165, 1.54) is 11.8 Å². The number of imide groups is 1. The first-order valence-corrected chi connectivity index (χ1v) is 8.70. The minimum absolute atomic E-state index is 0.300. The maximum Gasteiger partial charge on any atom is 0.321 e. The number of hydrogen-bond acceptors (Lipinski definition) is 3. The Bertz CT molecular complexity index is 717. The lowest BCUT2D eigenvalue weighted by atomic mass is 10.2. The Hall–Kier alpha value is -2.27. The molecule has 0 spiro atoms. The summed E-state index contributed by atoms with van der Waals surface area (Å²) in [5.41, 5.74) is 3.26. The van der Waals surface area contributed by atoms with Crippen molar-refractivity contribution >= 4 is 23.7 Å². The van der Waals surface area contributed by atoms with Gasteiger partial charge in [-0.1, -0.05) is 48.0 Å². The van der Waals surface area contributed by atoms with Crippen LogP contribution in [0.1, 0.15) is 23.6 Å². The molecule has 0 heterocycles. The van der Waals surface area contributed by atoms with Crippen molar-refractivity contribution in [3.63, 3.8) is 0 Å². The van der Waals surface area contributed by atoms with Gasteiger partial charge in [-0.05, 0) is 38.0 Å². The minimum Gasteiger partial charge on any atom is -0.334 e. The topological polar surface area (TPSA) is 58.2 Å². The van der Waals surface area contributed by atoms with Crippen molar-refractivity contribution in [3.8, 4) is 0 Å². The minimum atomic E-state index is -0.475. The van der Waals surface area contributed by atoms with E-state index >= 15 is 0 Å². The lowest BCUT2D eigenvalue weighted by Crippen LogP contribution is -2.42. The molecule has 126 valence electrons. The number of thioether (sulfide) groups is 1. The summed E-state index contributed by atoms with van der Waals surface area (Å²) in [5, 5.41) is 4.73. The molecular formula is C19H22N2O2S. The molecule has 2 rings (SSSR count). The van der Waals surface area contributed by atoms with Crippen LogP contribution in [0.5, 0.6) is 0 Å². The number of aryl methyl sites for hydroxylation is 2. The summed E-state index contributed by atoms with van der Waals surface area (Å²) in [5.74, 6) is -0.300. The second-order valence-corrected chi connectivity index (χ2v) is 7.07. The molecule has 0 bridgehead atoms. The van der Waals surface area contributed by atoms with Gasteiger partial charge in [0, 0.05) is 11.4 Å². The van der Waals surface area contributed by atoms with E-state index < -0.39 is 6.03 Å². The summed E-state index contributed by atoms with van der Waals surface area (Å²) >= 11 is 1.46. The molecule has 3 amide bonds. The van der Waals surface area contributed by atoms with Gasteiger partial charge in [-0.25, -0.2) is 4.79 Å². The summed E-state index contributed by atoms with van der Waals surface area (Å²) in [4.78, 5) is 25.1. The van der Waals surface area contributed by atoms with Crippen LogP contribution in [0, 0.1) is 13.8 Å². The van der Waals surface area contributed by atoms with E-state index in [1.54, 1.807) is 6.92 Å². The van der Waals surface area contributed by atoms with Gasteiger partial charge >= 0.3 is 6.03 Å². The number of benzene rings is 2. The van der Waals surface area contributed by atoms with E-state index in [4.69, 9.17) is 0 Å². The molecule has 5 heteroatoms. The van der Waals surface area contributed by atoms with Crippen LogP contribution < -0.4 is 10.6 Å². The SMILES string of the molecule is Cc1ccc(C)c(S[C@@H](C)C(=O)NC(=O)NCc2ccccc2)c1. The highest BCUT2D eigenvalue weighted by Gasteiger charge is 2.17. The number of carbonyl (C=O) groups excluding carboxylic acids is 2. The first kappa shape index (κ1) is 18.1. The van der Waals surface area contributed by atoms with Crippen LogP contribution in [0.15, 0.2) is 53.4 Å². The Morgan fingerprint density at radius 3 is 2.50 bits per heavy atom. The molecule has 0 fully saturated rings. The predicted octanol–water partition coefficient (Wildman–Crippen LogP) is 3.81. The third-order valence-electron chi connectivity index (χ3n) is 3.55. The third kappa shape index (κ3) is 5.42. The molecule has 0 saturated heterocycles. The van der Waals surface area contributed by atoms with Crippen molar-refractivity contribution in [2.24, 2.45) is 0 Å². The Labute approximate surface area is 147 Å². The fourth-order valence-electron chi connectivity index (χ4n) is 2.11. The van der Waals surface area contributed by atoms with Gasteiger partial charge in [0.2, 0.25) is 5.91 Å². The number of hydrogen-bond donors (Lipinski definition) is 2. The van der Waals surface area contributed by atoms with Gasteiger partial charge in [-0.2, -0.15) is 0 Å². The molecule has 0 radical (unpaired) electrons. The summed E-state index contributed by atoms with van der Waals surface area (Å²) in [6, 6.07) is 15.2. The van der Waals surface area contributed by atoms with E-state index in [9.17, 15) is 9.59 Å². The quantitative estimate of drug-likeness (QED) is 0.812. The normalized spacial score (nSPS) is 11.6. The van der Waals surface area contributed by atoms with E-state index in [0.29, 0.717) is 6.54 Å². The number of nitrogens with one attached hydrogen (secondary N) is 2. The summed E-state index contributed by atoms with van der Waals surface area (Å²) in [6.07, 6.45) is 0. The first-order chi connectivity index (χ1) is 11.5. The van der Waals surface area contributed by atoms with Crippen molar-refractivity contribution in [3.05, 3.63) is 65.2 Å². The number of urea groups is 1. The fourth-order valence-corrected chi connectivity index (χ4v) is 3.17. The molecule has 24 heavy (non-hydrogen) atoms. The zero-order valence-corrected chi connectivity index (χ0v) is 14.9. The summed E-state index contributed by atoms with van der Waals surface area (Å²) in [7, 11) is 0. The number of carbonyl (C=O) groups is 2. The molecular weight excluding hydrogens is 320 g/mol. The highest BCUT2D eigenvalue weighted by Crippen LogP contribution is 2.27. The predicted molar refractivity (Wildman–Crippen MR) is 98.1 cm³/mol. The van der Waals surface area contributed by atoms with Crippen LogP contribution in [0.4, 0.5) is 4.79 Å². The lowest BCUT2D eigenvalue weighted by Gasteiger charge is -2.14. The highest BCUT2D eigenvalue weighted by molar-refractivity contribution is 8.00. The van der Waals surface area contributed by atoms with Crippen molar-refractivity contribution in [2.45, 2.75) is 37.5 Å². The molecule has 0 saturated carbocycles. The number of rotatable bonds is 5. The third-order valence-corrected chi connectivity index (χ3v) is 4.81. The zero-order chi connectivity index (χ0) is 17.5. The second kappa shape index (κ2) is 8.55. The highest BCUT2D eigenvalue weighted by atomic mass is 32.2. The molecule has 0 aliphatic rings. The van der Waals surface area contributed by atoms with Crippen molar-refractivity contribution in [1.82, 2.24) is 10.6 Å². The standard InChI is InChI=1S/C19H22N2O2S/c1-13-9-10-14(2)17(11-13)24-15(3)18(22)21-19(23)20-12-16-7-5-4-6-8-16/h4-11,15H,12H2,1-3H3,(H2,20,21,22,23)/t15-/m0/s1. The summed E-state index contributed by atoms with van der Waals surface area (Å²) < 4.78 is 0. The zero-order valence-electron chi connectivity index (χ0n) is 14.1. The van der Waals surface area contributed by atoms with E-state index in [0.717, 1.165) is 21.6 Å². The van der Waals surface area contributed by atoms with Gasteiger partial charge in [0.15, 0.2) is 0 Å². The van der Waals surface area contributed by atoms with Crippen LogP contribution in [0.25, 0.3) is 0 Å². The number of amides is 3. The molecule has 2 N–H and O–H groups in total. The van der Waals surface area contributed by atoms with Crippen LogP contribution in [0.3, 0.4) is 0 Å². The smallest absolute Gasteiger partial charge is 0.321 e. The van der Waals surface area contributed by atoms with Crippen LogP contribution in [-0.4, -0.2) is 17.2 Å². The molecule has 0 aliphatic heterocycles. The average Bonchev–Trinajstić information content (AvgIpc) is 2.57. The average molecular weight is 342 g/mol. The molecule has 4 nitrogen and oxygen atoms in total. The van der Waals surface area contributed by atoms with Gasteiger partial charge in [0.05, 0.1) is 5.25 Å². The van der Waals surface area contributed by atoms with Crippen LogP contribution in [-0.2, 0) is 11.3 Å². The molecule has 1 atom stereocenters. The molecule has 0 unspecified atom stereocenters. The van der Waals surface area contributed by atoms with Crippen molar-refractivity contribution < 1.29 is 9.59 Å². The molecule has 0 aliphatic carbocycles. The van der Waals surface area contributed by atoms with Crippen LogP contribution >= 0.6 is 11.8 Å². The lowest BCUT2D eigenvalue weighted by molar-refractivity contribution is -0.119.